The lowest BCUT2D eigenvalue weighted by Gasteiger charge is -2.30. The molecule has 2 unspecified atom stereocenters. The lowest BCUT2D eigenvalue weighted by atomic mass is 9.92. The molecule has 1 amide bonds. The molecule has 3 rings (SSSR count). The molecule has 1 heterocycles. The zero-order chi connectivity index (χ0) is 25.3. The Hall–Kier alpha value is -2.94. The fourth-order valence-electron chi connectivity index (χ4n) is 4.15. The monoisotopic (exact) mass is 479 g/mol. The number of aliphatic hydroxyl groups is 1. The van der Waals surface area contributed by atoms with E-state index in [-0.39, 0.29) is 29.0 Å². The van der Waals surface area contributed by atoms with Crippen molar-refractivity contribution in [3.8, 4) is 0 Å². The summed E-state index contributed by atoms with van der Waals surface area (Å²) >= 11 is 0. The maximum absolute atomic E-state index is 14.2. The van der Waals surface area contributed by atoms with Crippen molar-refractivity contribution < 1.29 is 27.5 Å². The van der Waals surface area contributed by atoms with E-state index in [4.69, 9.17) is 0 Å². The number of nitrogens with one attached hydrogen (secondary N) is 1. The summed E-state index contributed by atoms with van der Waals surface area (Å²) in [5, 5.41) is 13.9. The largest absolute Gasteiger partial charge is 0.428 e. The number of rotatable bonds is 8. The van der Waals surface area contributed by atoms with Gasteiger partial charge in [-0.15, -0.1) is 0 Å². The van der Waals surface area contributed by atoms with Crippen molar-refractivity contribution in [2.24, 2.45) is 11.8 Å². The molecule has 3 aromatic rings. The molecule has 0 spiro atoms. The summed E-state index contributed by atoms with van der Waals surface area (Å²) in [4.78, 5) is 16.8. The average Bonchev–Trinajstić information content (AvgIpc) is 3.16. The Bertz CT molecular complexity index is 1160. The summed E-state index contributed by atoms with van der Waals surface area (Å²) in [7, 11) is 0. The van der Waals surface area contributed by atoms with Crippen molar-refractivity contribution in [3.05, 3.63) is 65.2 Å². The molecule has 5 nitrogen and oxygen atoms in total. The van der Waals surface area contributed by atoms with Gasteiger partial charge in [-0.3, -0.25) is 4.79 Å². The van der Waals surface area contributed by atoms with Crippen LogP contribution in [0.2, 0.25) is 0 Å². The number of aryl methyl sites for hydroxylation is 1. The molecule has 2 N–H and O–H groups in total. The van der Waals surface area contributed by atoms with Crippen LogP contribution >= 0.6 is 0 Å². The SMILES string of the molecule is CCC(CNC(=O)c1ccc2nc(C(O)(c3ccc(F)cc3)C(F)(F)F)n(CC)c2c1)C(C)C. The van der Waals surface area contributed by atoms with E-state index < -0.39 is 29.0 Å². The standard InChI is InChI=1S/C25H29F4N3O2/c1-5-16(15(3)4)14-30-22(33)17-7-12-20-21(13-17)32(6-2)23(31-20)24(34,25(27,28)29)18-8-10-19(26)11-9-18/h7-13,15-16,34H,5-6,14H2,1-4H3,(H,30,33). The lowest BCUT2D eigenvalue weighted by molar-refractivity contribution is -0.252. The van der Waals surface area contributed by atoms with E-state index in [0.717, 1.165) is 30.7 Å². The van der Waals surface area contributed by atoms with Gasteiger partial charge in [0.2, 0.25) is 5.60 Å². The van der Waals surface area contributed by atoms with Gasteiger partial charge in [-0.05, 0) is 49.1 Å². The first-order chi connectivity index (χ1) is 15.9. The highest BCUT2D eigenvalue weighted by Gasteiger charge is 2.59. The van der Waals surface area contributed by atoms with Gasteiger partial charge in [0.1, 0.15) is 5.82 Å². The molecule has 9 heteroatoms. The maximum Gasteiger partial charge on any atom is 0.428 e. The second-order valence-electron chi connectivity index (χ2n) is 8.72. The molecule has 0 bridgehead atoms. The summed E-state index contributed by atoms with van der Waals surface area (Å²) in [6.45, 7) is 8.37. The van der Waals surface area contributed by atoms with Gasteiger partial charge in [-0.1, -0.05) is 39.3 Å². The molecule has 34 heavy (non-hydrogen) atoms. The molecule has 0 saturated carbocycles. The van der Waals surface area contributed by atoms with Crippen molar-refractivity contribution in [2.45, 2.75) is 52.4 Å². The minimum Gasteiger partial charge on any atom is -0.370 e. The van der Waals surface area contributed by atoms with Gasteiger partial charge in [-0.2, -0.15) is 13.2 Å². The minimum atomic E-state index is -5.13. The van der Waals surface area contributed by atoms with Crippen LogP contribution in [0.5, 0.6) is 0 Å². The van der Waals surface area contributed by atoms with Crippen LogP contribution in [-0.4, -0.2) is 33.3 Å². The average molecular weight is 480 g/mol. The number of carbonyl (C=O) groups is 1. The number of fused-ring (bicyclic) bond motifs is 1. The number of halogens is 4. The van der Waals surface area contributed by atoms with Gasteiger partial charge in [0.05, 0.1) is 11.0 Å². The highest BCUT2D eigenvalue weighted by Crippen LogP contribution is 2.44. The molecular formula is C25H29F4N3O2. The van der Waals surface area contributed by atoms with E-state index in [1.807, 2.05) is 6.92 Å². The molecule has 1 aromatic heterocycles. The maximum atomic E-state index is 14.2. The molecule has 0 radical (unpaired) electrons. The van der Waals surface area contributed by atoms with Crippen molar-refractivity contribution in [1.29, 1.82) is 0 Å². The Kier molecular flexibility index (Phi) is 7.35. The normalized spacial score (nSPS) is 14.9. The lowest BCUT2D eigenvalue weighted by Crippen LogP contribution is -2.45. The summed E-state index contributed by atoms with van der Waals surface area (Å²) in [5.74, 6) is -1.01. The summed E-state index contributed by atoms with van der Waals surface area (Å²) in [6, 6.07) is 7.92. The van der Waals surface area contributed by atoms with E-state index in [0.29, 0.717) is 18.4 Å². The van der Waals surface area contributed by atoms with E-state index in [2.05, 4.69) is 24.1 Å². The first kappa shape index (κ1) is 25.7. The van der Waals surface area contributed by atoms with Crippen LogP contribution in [0.3, 0.4) is 0 Å². The Morgan fingerprint density at radius 2 is 1.76 bits per heavy atom. The van der Waals surface area contributed by atoms with E-state index in [1.54, 1.807) is 6.92 Å². The topological polar surface area (TPSA) is 67.2 Å². The quantitative estimate of drug-likeness (QED) is 0.425. The molecule has 0 aliphatic heterocycles. The third-order valence-electron chi connectivity index (χ3n) is 6.31. The smallest absolute Gasteiger partial charge is 0.370 e. The summed E-state index contributed by atoms with van der Waals surface area (Å²) < 4.78 is 57.3. The molecule has 0 aliphatic rings. The van der Waals surface area contributed by atoms with Crippen LogP contribution in [0, 0.1) is 17.7 Å². The van der Waals surface area contributed by atoms with Gasteiger partial charge < -0.3 is 15.0 Å². The fourth-order valence-corrected chi connectivity index (χ4v) is 4.15. The first-order valence-electron chi connectivity index (χ1n) is 11.3. The summed E-state index contributed by atoms with van der Waals surface area (Å²) in [5.41, 5.74) is -3.25. The predicted molar refractivity (Wildman–Crippen MR) is 122 cm³/mol. The van der Waals surface area contributed by atoms with Crippen LogP contribution < -0.4 is 5.32 Å². The fraction of sp³-hybridized carbons (Fsp3) is 0.440. The molecule has 0 aliphatic carbocycles. The molecule has 2 atom stereocenters. The van der Waals surface area contributed by atoms with Gasteiger partial charge in [0.25, 0.3) is 5.91 Å². The van der Waals surface area contributed by atoms with Crippen molar-refractivity contribution in [1.82, 2.24) is 14.9 Å². The van der Waals surface area contributed by atoms with Crippen LogP contribution in [0.15, 0.2) is 42.5 Å². The number of imidazole rings is 1. The Morgan fingerprint density at radius 1 is 1.12 bits per heavy atom. The predicted octanol–water partition coefficient (Wildman–Crippen LogP) is 5.41. The third-order valence-corrected chi connectivity index (χ3v) is 6.31. The van der Waals surface area contributed by atoms with E-state index in [9.17, 15) is 27.5 Å². The number of carbonyl (C=O) groups excluding carboxylic acids is 1. The number of nitrogens with zero attached hydrogens (tertiary/aromatic N) is 2. The Morgan fingerprint density at radius 3 is 2.29 bits per heavy atom. The Balaban J connectivity index is 2.07. The van der Waals surface area contributed by atoms with Crippen molar-refractivity contribution >= 4 is 16.9 Å². The number of amides is 1. The van der Waals surface area contributed by atoms with Gasteiger partial charge >= 0.3 is 6.18 Å². The number of benzene rings is 2. The molecular weight excluding hydrogens is 450 g/mol. The van der Waals surface area contributed by atoms with Crippen molar-refractivity contribution in [2.75, 3.05) is 6.54 Å². The molecule has 2 aromatic carbocycles. The summed E-state index contributed by atoms with van der Waals surface area (Å²) in [6.07, 6.45) is -4.23. The zero-order valence-electron chi connectivity index (χ0n) is 19.6. The number of hydrogen-bond donors (Lipinski definition) is 2. The van der Waals surface area contributed by atoms with Crippen LogP contribution in [-0.2, 0) is 12.1 Å². The highest BCUT2D eigenvalue weighted by molar-refractivity contribution is 5.97. The molecule has 0 fully saturated rings. The number of hydrogen-bond acceptors (Lipinski definition) is 3. The van der Waals surface area contributed by atoms with Crippen molar-refractivity contribution in [3.63, 3.8) is 0 Å². The van der Waals surface area contributed by atoms with E-state index >= 15 is 0 Å². The number of alkyl halides is 3. The Labute approximate surface area is 195 Å². The second-order valence-corrected chi connectivity index (χ2v) is 8.72. The van der Waals surface area contributed by atoms with Gasteiger partial charge in [0, 0.05) is 24.2 Å². The van der Waals surface area contributed by atoms with Gasteiger partial charge in [0.15, 0.2) is 5.82 Å². The minimum absolute atomic E-state index is 0.0573. The number of aromatic nitrogens is 2. The highest BCUT2D eigenvalue weighted by atomic mass is 19.4. The van der Waals surface area contributed by atoms with Crippen LogP contribution in [0.1, 0.15) is 55.9 Å². The third kappa shape index (κ3) is 4.66. The van der Waals surface area contributed by atoms with Crippen LogP contribution in [0.4, 0.5) is 17.6 Å². The first-order valence-corrected chi connectivity index (χ1v) is 11.3. The second kappa shape index (κ2) is 9.74. The van der Waals surface area contributed by atoms with Gasteiger partial charge in [-0.25, -0.2) is 9.37 Å². The zero-order valence-corrected chi connectivity index (χ0v) is 19.6. The van der Waals surface area contributed by atoms with E-state index in [1.165, 1.54) is 22.8 Å². The molecule has 184 valence electrons. The molecule has 0 saturated heterocycles. The van der Waals surface area contributed by atoms with Crippen LogP contribution in [0.25, 0.3) is 11.0 Å².